The lowest BCUT2D eigenvalue weighted by molar-refractivity contribution is -0.123. The zero-order valence-electron chi connectivity index (χ0n) is 17.7. The Balaban J connectivity index is 1.50. The molecular formula is C23H22ClFN2O5S. The first kappa shape index (κ1) is 24.3. The summed E-state index contributed by atoms with van der Waals surface area (Å²) in [6.07, 6.45) is 0.643. The van der Waals surface area contributed by atoms with E-state index in [1.165, 1.54) is 30.3 Å². The summed E-state index contributed by atoms with van der Waals surface area (Å²) in [5, 5.41) is 2.78. The lowest BCUT2D eigenvalue weighted by Crippen LogP contribution is -2.30. The molecule has 7 nitrogen and oxygen atoms in total. The van der Waals surface area contributed by atoms with E-state index in [1.807, 2.05) is 24.3 Å². The average molecular weight is 493 g/mol. The van der Waals surface area contributed by atoms with Crippen molar-refractivity contribution in [1.82, 2.24) is 5.32 Å². The second kappa shape index (κ2) is 11.0. The third-order valence-electron chi connectivity index (χ3n) is 4.56. The van der Waals surface area contributed by atoms with E-state index in [-0.39, 0.29) is 33.9 Å². The van der Waals surface area contributed by atoms with E-state index in [0.29, 0.717) is 13.0 Å². The van der Waals surface area contributed by atoms with E-state index >= 15 is 0 Å². The predicted octanol–water partition coefficient (Wildman–Crippen LogP) is 4.03. The van der Waals surface area contributed by atoms with E-state index < -0.39 is 15.8 Å². The SMILES string of the molecule is COc1ccc(CCNC(=O)COc2ccc(S(=O)(=O)Nc3ccc(F)cc3)cc2Cl)cc1. The van der Waals surface area contributed by atoms with Crippen LogP contribution in [0.3, 0.4) is 0 Å². The molecule has 0 saturated heterocycles. The molecule has 0 aliphatic heterocycles. The summed E-state index contributed by atoms with van der Waals surface area (Å²) in [6, 6.07) is 16.3. The molecule has 0 aromatic heterocycles. The van der Waals surface area contributed by atoms with Crippen molar-refractivity contribution in [2.45, 2.75) is 11.3 Å². The zero-order valence-corrected chi connectivity index (χ0v) is 19.3. The summed E-state index contributed by atoms with van der Waals surface area (Å²) in [5.41, 5.74) is 1.25. The normalized spacial score (nSPS) is 11.0. The molecule has 0 heterocycles. The third-order valence-corrected chi connectivity index (χ3v) is 6.24. The quantitative estimate of drug-likeness (QED) is 0.446. The van der Waals surface area contributed by atoms with Crippen molar-refractivity contribution in [3.63, 3.8) is 0 Å². The monoisotopic (exact) mass is 492 g/mol. The van der Waals surface area contributed by atoms with Crippen molar-refractivity contribution in [2.75, 3.05) is 25.0 Å². The Morgan fingerprint density at radius 2 is 1.73 bits per heavy atom. The van der Waals surface area contributed by atoms with Gasteiger partial charge in [-0.05, 0) is 66.6 Å². The van der Waals surface area contributed by atoms with Crippen LogP contribution in [0.5, 0.6) is 11.5 Å². The maximum Gasteiger partial charge on any atom is 0.261 e. The van der Waals surface area contributed by atoms with E-state index in [4.69, 9.17) is 21.1 Å². The van der Waals surface area contributed by atoms with Gasteiger partial charge < -0.3 is 14.8 Å². The zero-order chi connectivity index (χ0) is 23.8. The van der Waals surface area contributed by atoms with Gasteiger partial charge in [-0.3, -0.25) is 9.52 Å². The van der Waals surface area contributed by atoms with Crippen LogP contribution < -0.4 is 19.5 Å². The number of hydrogen-bond donors (Lipinski definition) is 2. The first-order valence-corrected chi connectivity index (χ1v) is 11.7. The van der Waals surface area contributed by atoms with Crippen molar-refractivity contribution in [1.29, 1.82) is 0 Å². The lowest BCUT2D eigenvalue weighted by atomic mass is 10.1. The molecule has 174 valence electrons. The largest absolute Gasteiger partial charge is 0.497 e. The Morgan fingerprint density at radius 1 is 1.03 bits per heavy atom. The number of amides is 1. The molecule has 0 aliphatic rings. The van der Waals surface area contributed by atoms with Crippen molar-refractivity contribution >= 4 is 33.2 Å². The Hall–Kier alpha value is -3.30. The fourth-order valence-electron chi connectivity index (χ4n) is 2.83. The Bertz CT molecular complexity index is 1200. The van der Waals surface area contributed by atoms with Crippen LogP contribution in [0.15, 0.2) is 71.6 Å². The van der Waals surface area contributed by atoms with Crippen LogP contribution >= 0.6 is 11.6 Å². The van der Waals surface area contributed by atoms with Gasteiger partial charge >= 0.3 is 0 Å². The highest BCUT2D eigenvalue weighted by atomic mass is 35.5. The van der Waals surface area contributed by atoms with Crippen LogP contribution in [0.4, 0.5) is 10.1 Å². The topological polar surface area (TPSA) is 93.7 Å². The van der Waals surface area contributed by atoms with Gasteiger partial charge in [0.15, 0.2) is 6.61 Å². The molecular weight excluding hydrogens is 471 g/mol. The molecule has 0 atom stereocenters. The van der Waals surface area contributed by atoms with Crippen molar-refractivity contribution < 1.29 is 27.1 Å². The van der Waals surface area contributed by atoms with Gasteiger partial charge in [0.2, 0.25) is 0 Å². The van der Waals surface area contributed by atoms with Crippen LogP contribution in [-0.4, -0.2) is 34.6 Å². The molecule has 33 heavy (non-hydrogen) atoms. The van der Waals surface area contributed by atoms with E-state index in [9.17, 15) is 17.6 Å². The highest BCUT2D eigenvalue weighted by Gasteiger charge is 2.17. The summed E-state index contributed by atoms with van der Waals surface area (Å²) in [4.78, 5) is 11.9. The van der Waals surface area contributed by atoms with Gasteiger partial charge in [0.1, 0.15) is 17.3 Å². The molecule has 1 amide bonds. The van der Waals surface area contributed by atoms with Gasteiger partial charge in [-0.1, -0.05) is 23.7 Å². The van der Waals surface area contributed by atoms with Gasteiger partial charge in [-0.2, -0.15) is 0 Å². The van der Waals surface area contributed by atoms with Crippen molar-refractivity contribution in [3.05, 3.63) is 83.1 Å². The molecule has 3 aromatic carbocycles. The second-order valence-electron chi connectivity index (χ2n) is 6.94. The first-order chi connectivity index (χ1) is 15.8. The smallest absolute Gasteiger partial charge is 0.261 e. The molecule has 0 aliphatic carbocycles. The molecule has 0 unspecified atom stereocenters. The summed E-state index contributed by atoms with van der Waals surface area (Å²) in [5.74, 6) is 0.113. The van der Waals surface area contributed by atoms with Gasteiger partial charge in [0.25, 0.3) is 15.9 Å². The summed E-state index contributed by atoms with van der Waals surface area (Å²) >= 11 is 6.14. The van der Waals surface area contributed by atoms with Gasteiger partial charge in [0, 0.05) is 12.2 Å². The second-order valence-corrected chi connectivity index (χ2v) is 9.03. The highest BCUT2D eigenvalue weighted by Crippen LogP contribution is 2.28. The van der Waals surface area contributed by atoms with Crippen LogP contribution in [-0.2, 0) is 21.2 Å². The number of carbonyl (C=O) groups is 1. The van der Waals surface area contributed by atoms with E-state index in [1.54, 1.807) is 7.11 Å². The van der Waals surface area contributed by atoms with Crippen molar-refractivity contribution in [2.24, 2.45) is 0 Å². The standard InChI is InChI=1S/C23H22ClFN2O5S/c1-31-19-8-2-16(3-9-19)12-13-26-23(28)15-32-22-11-10-20(14-21(22)24)33(29,30)27-18-6-4-17(25)5-7-18/h2-11,14,27H,12-13,15H2,1H3,(H,26,28). The summed E-state index contributed by atoms with van der Waals surface area (Å²) in [6.45, 7) is 0.150. The molecule has 0 fully saturated rings. The number of rotatable bonds is 10. The minimum Gasteiger partial charge on any atom is -0.497 e. The molecule has 0 bridgehead atoms. The minimum atomic E-state index is -3.94. The number of halogens is 2. The van der Waals surface area contributed by atoms with Crippen LogP contribution in [0.1, 0.15) is 5.56 Å². The van der Waals surface area contributed by atoms with Gasteiger partial charge in [0.05, 0.1) is 17.0 Å². The van der Waals surface area contributed by atoms with Crippen LogP contribution in [0.2, 0.25) is 5.02 Å². The van der Waals surface area contributed by atoms with E-state index in [2.05, 4.69) is 10.0 Å². The van der Waals surface area contributed by atoms with E-state index in [0.717, 1.165) is 23.4 Å². The Kier molecular flexibility index (Phi) is 8.13. The number of benzene rings is 3. The Labute approximate surface area is 196 Å². The molecule has 3 rings (SSSR count). The number of ether oxygens (including phenoxy) is 2. The number of nitrogens with one attached hydrogen (secondary N) is 2. The average Bonchev–Trinajstić information content (AvgIpc) is 2.80. The first-order valence-electron chi connectivity index (χ1n) is 9.87. The van der Waals surface area contributed by atoms with Crippen molar-refractivity contribution in [3.8, 4) is 11.5 Å². The molecule has 3 aromatic rings. The van der Waals surface area contributed by atoms with Gasteiger partial charge in [-0.25, -0.2) is 12.8 Å². The van der Waals surface area contributed by atoms with Gasteiger partial charge in [-0.15, -0.1) is 0 Å². The maximum atomic E-state index is 13.0. The molecule has 0 radical (unpaired) electrons. The molecule has 10 heteroatoms. The predicted molar refractivity (Wildman–Crippen MR) is 124 cm³/mol. The molecule has 2 N–H and O–H groups in total. The number of anilines is 1. The number of carbonyl (C=O) groups excluding carboxylic acids is 1. The fraction of sp³-hybridized carbons (Fsp3) is 0.174. The number of sulfonamides is 1. The maximum absolute atomic E-state index is 13.0. The highest BCUT2D eigenvalue weighted by molar-refractivity contribution is 7.92. The van der Waals surface area contributed by atoms with Crippen LogP contribution in [0.25, 0.3) is 0 Å². The third kappa shape index (κ3) is 7.10. The fourth-order valence-corrected chi connectivity index (χ4v) is 4.21. The molecule has 0 saturated carbocycles. The number of hydrogen-bond acceptors (Lipinski definition) is 5. The lowest BCUT2D eigenvalue weighted by Gasteiger charge is -2.12. The summed E-state index contributed by atoms with van der Waals surface area (Å²) < 4.78 is 50.9. The number of methoxy groups -OCH3 is 1. The Morgan fingerprint density at radius 3 is 2.36 bits per heavy atom. The molecule has 0 spiro atoms. The summed E-state index contributed by atoms with van der Waals surface area (Å²) in [7, 11) is -2.34. The minimum absolute atomic E-state index is 0.0306. The van der Waals surface area contributed by atoms with Crippen LogP contribution in [0, 0.1) is 5.82 Å².